The average Bonchev–Trinajstić information content (AvgIpc) is 3.40. The Bertz CT molecular complexity index is 1530. The van der Waals surface area contributed by atoms with Gasteiger partial charge in [-0.3, -0.25) is 4.79 Å². The molecule has 7 atom stereocenters. The smallest absolute Gasteiger partial charge is 0.220 e. The summed E-state index contributed by atoms with van der Waals surface area (Å²) >= 11 is 0. The average molecular weight is 1030 g/mol. The summed E-state index contributed by atoms with van der Waals surface area (Å²) in [6.07, 6.45) is 71.6. The number of aliphatic hydroxyl groups excluding tert-OH is 5. The topological polar surface area (TPSA) is 149 Å². The van der Waals surface area contributed by atoms with Gasteiger partial charge in [-0.15, -0.1) is 0 Å². The predicted octanol–water partition coefficient (Wildman–Crippen LogP) is 15.3. The van der Waals surface area contributed by atoms with Crippen LogP contribution in [0.15, 0.2) is 109 Å². The van der Waals surface area contributed by atoms with Gasteiger partial charge in [0.2, 0.25) is 5.91 Å². The molecule has 1 fully saturated rings. The molecule has 74 heavy (non-hydrogen) atoms. The normalized spacial score (nSPS) is 19.8. The molecule has 1 aliphatic rings. The minimum Gasteiger partial charge on any atom is -0.394 e. The largest absolute Gasteiger partial charge is 0.394 e. The monoisotopic (exact) mass is 1030 g/mol. The molecule has 0 aromatic rings. The number of nitrogens with one attached hydrogen (secondary N) is 1. The number of amides is 1. The summed E-state index contributed by atoms with van der Waals surface area (Å²) in [7, 11) is 0. The highest BCUT2D eigenvalue weighted by molar-refractivity contribution is 5.76. The van der Waals surface area contributed by atoms with Crippen LogP contribution in [-0.4, -0.2) is 87.5 Å². The molecular formula is C65H111NO8. The first kappa shape index (κ1) is 68.9. The van der Waals surface area contributed by atoms with Crippen LogP contribution in [0.25, 0.3) is 0 Å². The maximum atomic E-state index is 13.1. The van der Waals surface area contributed by atoms with E-state index >= 15 is 0 Å². The molecule has 1 amide bonds. The molecule has 0 radical (unpaired) electrons. The van der Waals surface area contributed by atoms with Gasteiger partial charge >= 0.3 is 0 Å². The number of hydrogen-bond acceptors (Lipinski definition) is 8. The van der Waals surface area contributed by atoms with Crippen molar-refractivity contribution in [2.45, 2.75) is 281 Å². The minimum atomic E-state index is -1.59. The molecular weight excluding hydrogens is 923 g/mol. The van der Waals surface area contributed by atoms with E-state index in [1.165, 1.54) is 128 Å². The molecule has 424 valence electrons. The van der Waals surface area contributed by atoms with E-state index in [1.807, 2.05) is 6.08 Å². The van der Waals surface area contributed by atoms with Crippen molar-refractivity contribution in [1.82, 2.24) is 5.32 Å². The van der Waals surface area contributed by atoms with E-state index in [-0.39, 0.29) is 12.5 Å². The van der Waals surface area contributed by atoms with Crippen molar-refractivity contribution in [3.8, 4) is 0 Å². The number of carbonyl (C=O) groups is 1. The molecule has 9 heteroatoms. The fourth-order valence-electron chi connectivity index (χ4n) is 8.86. The van der Waals surface area contributed by atoms with E-state index in [2.05, 4.69) is 116 Å². The third kappa shape index (κ3) is 42.0. The van der Waals surface area contributed by atoms with Gasteiger partial charge in [-0.25, -0.2) is 0 Å². The van der Waals surface area contributed by atoms with Gasteiger partial charge in [0.25, 0.3) is 0 Å². The van der Waals surface area contributed by atoms with Crippen molar-refractivity contribution in [2.24, 2.45) is 0 Å². The number of aliphatic hydroxyl groups is 5. The van der Waals surface area contributed by atoms with Gasteiger partial charge in [-0.2, -0.15) is 0 Å². The van der Waals surface area contributed by atoms with Gasteiger partial charge in [0.15, 0.2) is 6.29 Å². The second kappa shape index (κ2) is 53.3. The van der Waals surface area contributed by atoms with Gasteiger partial charge in [0.05, 0.1) is 25.4 Å². The maximum Gasteiger partial charge on any atom is 0.220 e. The lowest BCUT2D eigenvalue weighted by Gasteiger charge is -2.40. The Morgan fingerprint density at radius 2 is 0.851 bits per heavy atom. The van der Waals surface area contributed by atoms with E-state index in [0.717, 1.165) is 83.5 Å². The molecule has 9 nitrogen and oxygen atoms in total. The van der Waals surface area contributed by atoms with Crippen molar-refractivity contribution in [3.63, 3.8) is 0 Å². The summed E-state index contributed by atoms with van der Waals surface area (Å²) in [5, 5.41) is 54.5. The molecule has 1 saturated heterocycles. The summed E-state index contributed by atoms with van der Waals surface area (Å²) < 4.78 is 11.3. The maximum absolute atomic E-state index is 13.1. The van der Waals surface area contributed by atoms with E-state index in [9.17, 15) is 30.3 Å². The molecule has 0 spiro atoms. The molecule has 1 aliphatic heterocycles. The predicted molar refractivity (Wildman–Crippen MR) is 313 cm³/mol. The fourth-order valence-corrected chi connectivity index (χ4v) is 8.86. The van der Waals surface area contributed by atoms with Gasteiger partial charge in [-0.1, -0.05) is 252 Å². The highest BCUT2D eigenvalue weighted by Gasteiger charge is 2.44. The molecule has 0 saturated carbocycles. The second-order valence-electron chi connectivity index (χ2n) is 20.4. The molecule has 1 heterocycles. The van der Waals surface area contributed by atoms with Crippen molar-refractivity contribution in [1.29, 1.82) is 0 Å². The lowest BCUT2D eigenvalue weighted by Crippen LogP contribution is -2.60. The number of hydrogen-bond donors (Lipinski definition) is 6. The standard InChI is InChI=1S/C65H111NO8/c1-3-5-7-9-11-13-15-17-19-21-23-25-27-29-31-32-34-36-38-40-42-44-46-48-50-52-54-59(68)58(57-73-65-64(72)63(71)62(70)60(56-67)74-65)66-61(69)55-53-51-49-47-45-43-41-39-37-35-33-30-28-26-24-22-20-18-16-14-12-10-8-6-4-2/h6,8,12,14,18,20,24,26,30,33,37,39,43-46,52,54,58-60,62-65,67-68,70-72H,3-5,7,9-11,13,15-17,19,21-23,25,27-29,31-32,34-36,38,40-42,47-51,53,55-57H2,1-2H3,(H,66,69)/b8-6-,14-12-,20-18-,26-24-,33-30-,39-37-,45-43-,46-44+,54-52+. The minimum absolute atomic E-state index is 0.221. The van der Waals surface area contributed by atoms with E-state index in [1.54, 1.807) is 6.08 Å². The molecule has 7 unspecified atom stereocenters. The number of ether oxygens (including phenoxy) is 2. The Balaban J connectivity index is 2.29. The quantitative estimate of drug-likeness (QED) is 0.0261. The highest BCUT2D eigenvalue weighted by Crippen LogP contribution is 2.23. The highest BCUT2D eigenvalue weighted by atomic mass is 16.7. The Morgan fingerprint density at radius 1 is 0.473 bits per heavy atom. The fraction of sp³-hybridized carbons (Fsp3) is 0.708. The summed E-state index contributed by atoms with van der Waals surface area (Å²) in [6.45, 7) is 3.64. The van der Waals surface area contributed by atoms with Crippen LogP contribution < -0.4 is 5.32 Å². The van der Waals surface area contributed by atoms with E-state index in [0.29, 0.717) is 12.8 Å². The third-order valence-electron chi connectivity index (χ3n) is 13.6. The van der Waals surface area contributed by atoms with Crippen molar-refractivity contribution in [2.75, 3.05) is 13.2 Å². The zero-order valence-electron chi connectivity index (χ0n) is 47.1. The Kier molecular flexibility index (Phi) is 49.6. The first-order valence-electron chi connectivity index (χ1n) is 30.1. The number of carbonyl (C=O) groups excluding carboxylic acids is 1. The van der Waals surface area contributed by atoms with Crippen molar-refractivity contribution >= 4 is 5.91 Å². The molecule has 6 N–H and O–H groups in total. The second-order valence-corrected chi connectivity index (χ2v) is 20.4. The summed E-state index contributed by atoms with van der Waals surface area (Å²) in [6, 6.07) is -0.849. The van der Waals surface area contributed by atoms with Crippen LogP contribution in [0.1, 0.15) is 239 Å². The van der Waals surface area contributed by atoms with Crippen molar-refractivity contribution < 1.29 is 39.8 Å². The first-order chi connectivity index (χ1) is 36.3. The van der Waals surface area contributed by atoms with Gasteiger partial charge in [0.1, 0.15) is 24.4 Å². The first-order valence-corrected chi connectivity index (χ1v) is 30.1. The molecule has 0 aliphatic carbocycles. The molecule has 1 rings (SSSR count). The molecule has 0 aromatic carbocycles. The third-order valence-corrected chi connectivity index (χ3v) is 13.6. The SMILES string of the molecule is CC/C=C\C/C=C\C/C=C\C/C=C\C/C=C\C/C=C\C/C=C\CCCCCC(=O)NC(COC1OC(CO)C(O)C(O)C1O)C(O)/C=C/CC/C=C/CCCCCCCCCCCCCCCCCCCCCC. The van der Waals surface area contributed by atoms with Crippen LogP contribution in [0.4, 0.5) is 0 Å². The van der Waals surface area contributed by atoms with Gasteiger partial charge < -0.3 is 40.3 Å². The molecule has 0 aromatic heterocycles. The Labute approximate surface area is 453 Å². The summed E-state index contributed by atoms with van der Waals surface area (Å²) in [5.41, 5.74) is 0. The van der Waals surface area contributed by atoms with Crippen LogP contribution in [0.3, 0.4) is 0 Å². The summed E-state index contributed by atoms with van der Waals surface area (Å²) in [5.74, 6) is -0.221. The van der Waals surface area contributed by atoms with Crippen LogP contribution in [0.2, 0.25) is 0 Å². The zero-order valence-corrected chi connectivity index (χ0v) is 47.1. The van der Waals surface area contributed by atoms with Crippen molar-refractivity contribution in [3.05, 3.63) is 109 Å². The van der Waals surface area contributed by atoms with E-state index in [4.69, 9.17) is 9.47 Å². The Hall–Kier alpha value is -3.15. The van der Waals surface area contributed by atoms with Crippen LogP contribution in [0, 0.1) is 0 Å². The van der Waals surface area contributed by atoms with E-state index < -0.39 is 49.5 Å². The summed E-state index contributed by atoms with van der Waals surface area (Å²) in [4.78, 5) is 13.1. The lowest BCUT2D eigenvalue weighted by atomic mass is 9.99. The number of rotatable bonds is 50. The van der Waals surface area contributed by atoms with Crippen LogP contribution in [0.5, 0.6) is 0 Å². The van der Waals surface area contributed by atoms with Gasteiger partial charge in [0, 0.05) is 6.42 Å². The zero-order chi connectivity index (χ0) is 53.6. The van der Waals surface area contributed by atoms with Crippen LogP contribution in [-0.2, 0) is 14.3 Å². The lowest BCUT2D eigenvalue weighted by molar-refractivity contribution is -0.302. The number of allylic oxidation sites excluding steroid dienone is 17. The van der Waals surface area contributed by atoms with Crippen LogP contribution >= 0.6 is 0 Å². The van der Waals surface area contributed by atoms with Gasteiger partial charge in [-0.05, 0) is 89.9 Å². The number of unbranched alkanes of at least 4 members (excludes halogenated alkanes) is 24. The Morgan fingerprint density at radius 3 is 1.30 bits per heavy atom. The molecule has 0 bridgehead atoms.